The van der Waals surface area contributed by atoms with E-state index in [1.807, 2.05) is 18.7 Å². The molecular weight excluding hydrogens is 218 g/mol. The van der Waals surface area contributed by atoms with Gasteiger partial charge in [-0.1, -0.05) is 32.9 Å². The molecule has 0 aromatic carbocycles. The molecule has 0 aromatic heterocycles. The number of thioether (sulfide) groups is 1. The van der Waals surface area contributed by atoms with Crippen LogP contribution in [0.2, 0.25) is 0 Å². The van der Waals surface area contributed by atoms with Crippen molar-refractivity contribution in [3.05, 3.63) is 12.2 Å². The highest BCUT2D eigenvalue weighted by Crippen LogP contribution is 2.23. The Balaban J connectivity index is 3.37. The largest absolute Gasteiger partial charge is 0.376 e. The van der Waals surface area contributed by atoms with E-state index < -0.39 is 0 Å². The molecule has 3 heteroatoms. The second-order valence-electron chi connectivity index (χ2n) is 5.29. The molecule has 0 amide bonds. The van der Waals surface area contributed by atoms with Gasteiger partial charge in [0.1, 0.15) is 0 Å². The van der Waals surface area contributed by atoms with E-state index in [9.17, 15) is 0 Å². The molecule has 96 valence electrons. The van der Waals surface area contributed by atoms with Crippen LogP contribution < -0.4 is 5.32 Å². The lowest BCUT2D eigenvalue weighted by molar-refractivity contribution is 0.156. The molecular formula is C13H27NOS. The molecule has 2 nitrogen and oxygen atoms in total. The monoisotopic (exact) mass is 245 g/mol. The van der Waals surface area contributed by atoms with Gasteiger partial charge in [0, 0.05) is 23.1 Å². The van der Waals surface area contributed by atoms with Gasteiger partial charge in [-0.25, -0.2) is 0 Å². The smallest absolute Gasteiger partial charge is 0.0672 e. The number of hydrogen-bond acceptors (Lipinski definition) is 3. The maximum Gasteiger partial charge on any atom is 0.0672 e. The normalized spacial score (nSPS) is 13.8. The summed E-state index contributed by atoms with van der Waals surface area (Å²) < 4.78 is 5.78. The predicted octanol–water partition coefficient (Wildman–Crippen LogP) is 3.09. The molecule has 0 radical (unpaired) electrons. The van der Waals surface area contributed by atoms with Crippen molar-refractivity contribution in [2.45, 2.75) is 45.4 Å². The zero-order chi connectivity index (χ0) is 12.6. The molecule has 0 aliphatic rings. The Kier molecular flexibility index (Phi) is 8.16. The van der Waals surface area contributed by atoms with Crippen LogP contribution in [0.15, 0.2) is 12.2 Å². The first-order chi connectivity index (χ1) is 7.31. The van der Waals surface area contributed by atoms with Crippen LogP contribution >= 0.6 is 11.8 Å². The molecule has 0 aliphatic heterocycles. The van der Waals surface area contributed by atoms with Gasteiger partial charge in [0.05, 0.1) is 13.2 Å². The first-order valence-corrected chi connectivity index (χ1v) is 6.89. The van der Waals surface area contributed by atoms with Crippen LogP contribution in [0.5, 0.6) is 0 Å². The molecule has 16 heavy (non-hydrogen) atoms. The average Bonchev–Trinajstić information content (AvgIpc) is 2.12. The fourth-order valence-electron chi connectivity index (χ4n) is 1.06. The zero-order valence-electron chi connectivity index (χ0n) is 11.4. The van der Waals surface area contributed by atoms with Crippen molar-refractivity contribution in [3.63, 3.8) is 0 Å². The molecule has 0 bridgehead atoms. The summed E-state index contributed by atoms with van der Waals surface area (Å²) in [5.74, 6) is 1.14. The highest BCUT2D eigenvalue weighted by Gasteiger charge is 2.12. The van der Waals surface area contributed by atoms with Crippen LogP contribution in [-0.2, 0) is 4.74 Å². The molecule has 0 aromatic rings. The summed E-state index contributed by atoms with van der Waals surface area (Å²) >= 11 is 1.99. The molecule has 1 atom stereocenters. The fraction of sp³-hybridized carbons (Fsp3) is 0.846. The lowest BCUT2D eigenvalue weighted by Gasteiger charge is -2.21. The lowest BCUT2D eigenvalue weighted by Crippen LogP contribution is -2.32. The third kappa shape index (κ3) is 12.1. The van der Waals surface area contributed by atoms with Crippen LogP contribution in [0.1, 0.15) is 34.6 Å². The zero-order valence-corrected chi connectivity index (χ0v) is 12.2. The van der Waals surface area contributed by atoms with E-state index >= 15 is 0 Å². The van der Waals surface area contributed by atoms with Crippen LogP contribution in [0.25, 0.3) is 0 Å². The Hall–Kier alpha value is 0.0100. The van der Waals surface area contributed by atoms with Crippen molar-refractivity contribution in [1.29, 1.82) is 0 Å². The third-order valence-electron chi connectivity index (χ3n) is 1.85. The summed E-state index contributed by atoms with van der Waals surface area (Å²) in [5, 5.41) is 3.45. The summed E-state index contributed by atoms with van der Waals surface area (Å²) in [7, 11) is 0. The number of hydrogen-bond donors (Lipinski definition) is 1. The quantitative estimate of drug-likeness (QED) is 0.524. The Labute approximate surface area is 105 Å². The highest BCUT2D eigenvalue weighted by atomic mass is 32.2. The summed E-state index contributed by atoms with van der Waals surface area (Å²) in [6.45, 7) is 17.1. The Morgan fingerprint density at radius 1 is 1.44 bits per heavy atom. The van der Waals surface area contributed by atoms with E-state index in [2.05, 4.69) is 39.6 Å². The molecule has 1 N–H and O–H groups in total. The van der Waals surface area contributed by atoms with E-state index in [0.29, 0.717) is 17.4 Å². The molecule has 0 aliphatic carbocycles. The van der Waals surface area contributed by atoms with Crippen molar-refractivity contribution in [2.75, 3.05) is 25.5 Å². The van der Waals surface area contributed by atoms with Crippen molar-refractivity contribution in [1.82, 2.24) is 5.32 Å². The summed E-state index contributed by atoms with van der Waals surface area (Å²) in [6, 6.07) is 0.539. The van der Waals surface area contributed by atoms with Gasteiger partial charge in [-0.3, -0.25) is 0 Å². The molecule has 0 saturated heterocycles. The standard InChI is InChI=1S/C13H27NOS/c1-11(2)9-15-8-7-14-12(3)10-16-13(4,5)6/h12,14H,1,7-10H2,2-6H3. The summed E-state index contributed by atoms with van der Waals surface area (Å²) in [5.41, 5.74) is 1.08. The minimum absolute atomic E-state index is 0.354. The maximum absolute atomic E-state index is 5.42. The van der Waals surface area contributed by atoms with Crippen molar-refractivity contribution >= 4 is 11.8 Å². The molecule has 0 spiro atoms. The number of ether oxygens (including phenoxy) is 1. The van der Waals surface area contributed by atoms with Gasteiger partial charge in [0.2, 0.25) is 0 Å². The van der Waals surface area contributed by atoms with Crippen LogP contribution in [0.3, 0.4) is 0 Å². The van der Waals surface area contributed by atoms with Crippen LogP contribution in [0, 0.1) is 0 Å². The first-order valence-electron chi connectivity index (χ1n) is 5.91. The van der Waals surface area contributed by atoms with Crippen molar-refractivity contribution < 1.29 is 4.74 Å². The Bertz CT molecular complexity index is 199. The second kappa shape index (κ2) is 8.15. The second-order valence-corrected chi connectivity index (χ2v) is 7.13. The lowest BCUT2D eigenvalue weighted by atomic mass is 10.3. The van der Waals surface area contributed by atoms with E-state index in [0.717, 1.165) is 24.5 Å². The Morgan fingerprint density at radius 2 is 2.06 bits per heavy atom. The first kappa shape index (κ1) is 16.0. The van der Waals surface area contributed by atoms with Crippen molar-refractivity contribution in [3.8, 4) is 0 Å². The van der Waals surface area contributed by atoms with Gasteiger partial charge in [-0.05, 0) is 13.8 Å². The van der Waals surface area contributed by atoms with Gasteiger partial charge in [0.15, 0.2) is 0 Å². The average molecular weight is 245 g/mol. The van der Waals surface area contributed by atoms with Crippen LogP contribution in [0.4, 0.5) is 0 Å². The van der Waals surface area contributed by atoms with E-state index in [1.165, 1.54) is 0 Å². The fourth-order valence-corrected chi connectivity index (χ4v) is 1.93. The summed E-state index contributed by atoms with van der Waals surface area (Å²) in [4.78, 5) is 0. The topological polar surface area (TPSA) is 21.3 Å². The van der Waals surface area contributed by atoms with Gasteiger partial charge >= 0.3 is 0 Å². The Morgan fingerprint density at radius 3 is 2.56 bits per heavy atom. The number of nitrogens with one attached hydrogen (secondary N) is 1. The molecule has 0 heterocycles. The SMILES string of the molecule is C=C(C)COCCNC(C)CSC(C)(C)C. The maximum atomic E-state index is 5.42. The molecule has 0 saturated carbocycles. The van der Waals surface area contributed by atoms with E-state index in [1.54, 1.807) is 0 Å². The predicted molar refractivity (Wildman–Crippen MR) is 75.3 cm³/mol. The number of rotatable bonds is 8. The summed E-state index contributed by atoms with van der Waals surface area (Å²) in [6.07, 6.45) is 0. The molecule has 0 rings (SSSR count). The van der Waals surface area contributed by atoms with Crippen LogP contribution in [-0.4, -0.2) is 36.3 Å². The van der Waals surface area contributed by atoms with Crippen molar-refractivity contribution in [2.24, 2.45) is 0 Å². The van der Waals surface area contributed by atoms with Gasteiger partial charge < -0.3 is 10.1 Å². The third-order valence-corrected chi connectivity index (χ3v) is 3.39. The molecule has 1 unspecified atom stereocenters. The highest BCUT2D eigenvalue weighted by molar-refractivity contribution is 8.00. The van der Waals surface area contributed by atoms with E-state index in [4.69, 9.17) is 4.74 Å². The van der Waals surface area contributed by atoms with Gasteiger partial charge in [-0.15, -0.1) is 0 Å². The van der Waals surface area contributed by atoms with Gasteiger partial charge in [-0.2, -0.15) is 11.8 Å². The molecule has 0 fully saturated rings. The van der Waals surface area contributed by atoms with E-state index in [-0.39, 0.29) is 0 Å². The minimum atomic E-state index is 0.354. The minimum Gasteiger partial charge on any atom is -0.376 e. The van der Waals surface area contributed by atoms with Gasteiger partial charge in [0.25, 0.3) is 0 Å².